The lowest BCUT2D eigenvalue weighted by Gasteiger charge is -0.707. The van der Waals surface area contributed by atoms with E-state index in [1.165, 1.54) is 0 Å². The third-order valence-corrected chi connectivity index (χ3v) is 0. The molecule has 2 nitrogen and oxygen atoms in total. The minimum Gasteiger partial charge on any atom is -0.0776 e. The third-order valence-electron chi connectivity index (χ3n) is 0. The van der Waals surface area contributed by atoms with Crippen molar-refractivity contribution < 1.29 is 0 Å². The van der Waals surface area contributed by atoms with Crippen LogP contribution in [0.3, 0.4) is 0 Å². The highest BCUT2D eigenvalue weighted by molar-refractivity contribution is 5.75. The average Bonchev–Trinajstić information content (AvgIpc) is 1.00. The van der Waals surface area contributed by atoms with Gasteiger partial charge in [0, 0.05) is 9.93 Å². The number of hydrogen-bond acceptors (Lipinski definition) is 2. The van der Waals surface area contributed by atoms with Crippen LogP contribution in [0.4, 0.5) is 0 Å². The smallest absolute Gasteiger partial charge is 0.0776 e. The lowest BCUT2D eigenvalue weighted by atomic mass is 12.0. The molecule has 0 bridgehead atoms. The molecule has 0 fully saturated rings. The third kappa shape index (κ3) is 156. The summed E-state index contributed by atoms with van der Waals surface area (Å²) in [5, 5.41) is 0. The summed E-state index contributed by atoms with van der Waals surface area (Å²) in [6.07, 6.45) is 0. The molecule has 0 aliphatic heterocycles. The Bertz CT molecular complexity index is 6.00. The first kappa shape index (κ1) is 31.6. The fraction of sp³-hybridized carbons (Fsp3) is 1.00. The molecule has 0 saturated carbocycles. The van der Waals surface area contributed by atoms with Gasteiger partial charge in [-0.15, -0.1) is 0 Å². The Morgan fingerprint density at radius 2 is 1.00 bits per heavy atom. The van der Waals surface area contributed by atoms with Gasteiger partial charge in [-0.3, -0.25) is 0 Å². The molecule has 0 rings (SSSR count). The maximum atomic E-state index is 7.00. The maximum Gasteiger partial charge on any atom is 0.187 e. The van der Waals surface area contributed by atoms with Gasteiger partial charge in [-0.25, -0.2) is 0 Å². The summed E-state index contributed by atoms with van der Waals surface area (Å²) in [6, 6.07) is 0. The second kappa shape index (κ2) is 812. The van der Waals surface area contributed by atoms with Gasteiger partial charge < -0.3 is 0 Å². The Balaban J connectivity index is -0.00000000500. The van der Waals surface area contributed by atoms with Crippen molar-refractivity contribution in [3.05, 3.63) is 9.93 Å². The van der Waals surface area contributed by atoms with Crippen LogP contribution in [0.25, 0.3) is 0 Å². The van der Waals surface area contributed by atoms with E-state index in [1.807, 2.05) is 0 Å². The van der Waals surface area contributed by atoms with Gasteiger partial charge in [0.05, 0.1) is 0 Å². The van der Waals surface area contributed by atoms with Gasteiger partial charge in [0.2, 0.25) is 0 Å². The van der Waals surface area contributed by atoms with Crippen LogP contribution in [0.1, 0.15) is 7.43 Å². The van der Waals surface area contributed by atoms with Crippen LogP contribution in [-0.4, -0.2) is 17.4 Å². The minimum absolute atomic E-state index is 0. The molecule has 0 aliphatic carbocycles. The van der Waals surface area contributed by atoms with Crippen molar-refractivity contribution in [3.8, 4) is 0 Å². The molecule has 3 heteroatoms. The van der Waals surface area contributed by atoms with Gasteiger partial charge in [0.15, 0.2) is 17.4 Å². The van der Waals surface area contributed by atoms with E-state index in [-0.39, 0.29) is 24.8 Å². The molecule has 0 radical (unpaired) electrons. The Hall–Kier alpha value is 0.132. The minimum atomic E-state index is 0. The predicted molar refractivity (Wildman–Crippen MR) is 23.4 cm³/mol. The van der Waals surface area contributed by atoms with Crippen LogP contribution in [-0.2, 0) is 0 Å². The van der Waals surface area contributed by atoms with Crippen molar-refractivity contribution in [1.82, 2.24) is 0 Å². The fourth-order valence-electron chi connectivity index (χ4n) is 0. The molecular weight excluding hydrogens is 71.0 g/mol. The highest BCUT2D eigenvalue weighted by Crippen LogP contribution is 0.741. The van der Waals surface area contributed by atoms with E-state index in [1.54, 1.807) is 0 Å². The topological polar surface area (TPSA) is 34.1 Å². The fourth-order valence-corrected chi connectivity index (χ4v) is 0. The van der Waals surface area contributed by atoms with Crippen LogP contribution in [0, 0.1) is 9.93 Å². The average molecular weight is 78.0 g/mol. The zero-order valence-corrected chi connectivity index (χ0v) is 0.816. The van der Waals surface area contributed by atoms with E-state index in [0.717, 1.165) is 0 Å². The van der Waals surface area contributed by atoms with Crippen molar-refractivity contribution in [2.75, 3.05) is 0 Å². The van der Waals surface area contributed by atoms with E-state index in [0.29, 0.717) is 0 Å². The molecule has 0 spiro atoms. The molecule has 0 atom stereocenters. The molecule has 0 heterocycles. The van der Waals surface area contributed by atoms with Crippen LogP contribution in [0.5, 0.6) is 0 Å². The van der Waals surface area contributed by atoms with Gasteiger partial charge in [-0.2, -0.15) is 0 Å². The Labute approximate surface area is 35.6 Å². The van der Waals surface area contributed by atoms with Crippen LogP contribution in [0.2, 0.25) is 0 Å². The van der Waals surface area contributed by atoms with Crippen molar-refractivity contribution in [3.63, 3.8) is 0 Å². The zero-order valence-electron chi connectivity index (χ0n) is 0.816. The molecule has 0 aromatic heterocycles. The molecule has 0 aromatic carbocycles. The van der Waals surface area contributed by atoms with Crippen molar-refractivity contribution in [2.45, 2.75) is 7.43 Å². The molecule has 0 unspecified atom stereocenters. The molecule has 26 valence electrons. The normalized spacial score (nSPS) is 1.00. The number of hydrogen-bond donors (Lipinski definition) is 0. The molecule has 0 aliphatic rings. The highest BCUT2D eigenvalue weighted by atomic mass is 27.0. The molecule has 0 saturated heterocycles. The van der Waals surface area contributed by atoms with E-state index in [9.17, 15) is 0 Å². The van der Waals surface area contributed by atoms with Gasteiger partial charge >= 0.3 is 0 Å². The van der Waals surface area contributed by atoms with Crippen molar-refractivity contribution in [1.29, 1.82) is 0 Å². The lowest BCUT2D eigenvalue weighted by molar-refractivity contribution is 2.50. The van der Waals surface area contributed by atoms with Crippen molar-refractivity contribution >= 4 is 17.4 Å². The largest absolute Gasteiger partial charge is 0.187 e. The molecular formula is CH7AlO2. The first-order valence-electron chi connectivity index (χ1n) is 0.167. The van der Waals surface area contributed by atoms with Crippen molar-refractivity contribution in [2.24, 2.45) is 0 Å². The summed E-state index contributed by atoms with van der Waals surface area (Å²) in [7, 11) is 0. The maximum absolute atomic E-state index is 7.00. The summed E-state index contributed by atoms with van der Waals surface area (Å²) in [5.41, 5.74) is 0. The van der Waals surface area contributed by atoms with E-state index >= 15 is 0 Å². The Kier molecular flexibility index (Phi) is 6420. The Morgan fingerprint density at radius 1 is 1.00 bits per heavy atom. The second-order valence-corrected chi connectivity index (χ2v) is 0. The quantitative estimate of drug-likeness (QED) is 0.367. The van der Waals surface area contributed by atoms with Crippen LogP contribution < -0.4 is 0 Å². The first-order valence-corrected chi connectivity index (χ1v) is 0.167. The van der Waals surface area contributed by atoms with Crippen LogP contribution in [0.15, 0.2) is 0 Å². The zero-order chi connectivity index (χ0) is 2.00. The summed E-state index contributed by atoms with van der Waals surface area (Å²) >= 11 is 0. The van der Waals surface area contributed by atoms with E-state index in [4.69, 9.17) is 9.93 Å². The SMILES string of the molecule is C.O=O.[AlH3]. The molecule has 0 aromatic rings. The summed E-state index contributed by atoms with van der Waals surface area (Å²) in [4.78, 5) is 14.0. The second-order valence-electron chi connectivity index (χ2n) is 0. The van der Waals surface area contributed by atoms with E-state index < -0.39 is 0 Å². The monoisotopic (exact) mass is 78.0 g/mol. The van der Waals surface area contributed by atoms with Gasteiger partial charge in [-0.1, -0.05) is 7.43 Å². The summed E-state index contributed by atoms with van der Waals surface area (Å²) in [5.74, 6) is 0. The standard InChI is InChI=1S/CH4.Al.O2.3H/c;;1-2;;;/h1H4;;;;;. The summed E-state index contributed by atoms with van der Waals surface area (Å²) < 4.78 is 0. The molecule has 0 N–H and O–H groups in total. The Morgan fingerprint density at radius 3 is 1.00 bits per heavy atom. The van der Waals surface area contributed by atoms with Gasteiger partial charge in [-0.05, 0) is 0 Å². The van der Waals surface area contributed by atoms with E-state index in [2.05, 4.69) is 0 Å². The summed E-state index contributed by atoms with van der Waals surface area (Å²) in [6.45, 7) is 0. The van der Waals surface area contributed by atoms with Crippen LogP contribution >= 0.6 is 0 Å². The lowest BCUT2D eigenvalue weighted by Crippen LogP contribution is -0.674. The molecule has 4 heavy (non-hydrogen) atoms. The first-order chi connectivity index (χ1) is 1.00. The van der Waals surface area contributed by atoms with Gasteiger partial charge in [0.25, 0.3) is 0 Å². The predicted octanol–water partition coefficient (Wildman–Crippen LogP) is -0.481. The number of rotatable bonds is 0. The van der Waals surface area contributed by atoms with Gasteiger partial charge in [0.1, 0.15) is 0 Å². The highest BCUT2D eigenvalue weighted by Gasteiger charge is 0.707. The molecule has 0 amide bonds.